The van der Waals surface area contributed by atoms with Gasteiger partial charge in [-0.2, -0.15) is 0 Å². The highest BCUT2D eigenvalue weighted by Crippen LogP contribution is 2.33. The second kappa shape index (κ2) is 6.05. The molecule has 0 radical (unpaired) electrons. The Morgan fingerprint density at radius 3 is 2.41 bits per heavy atom. The van der Waals surface area contributed by atoms with E-state index in [0.29, 0.717) is 23.0 Å². The first-order valence-electron chi connectivity index (χ1n) is 5.70. The van der Waals surface area contributed by atoms with Gasteiger partial charge >= 0.3 is 0 Å². The van der Waals surface area contributed by atoms with Crippen molar-refractivity contribution in [2.45, 2.75) is 20.3 Å². The lowest BCUT2D eigenvalue weighted by atomic mass is 9.73. The van der Waals surface area contributed by atoms with Gasteiger partial charge in [0.25, 0.3) is 0 Å². The van der Waals surface area contributed by atoms with Crippen molar-refractivity contribution in [1.82, 2.24) is 0 Å². The van der Waals surface area contributed by atoms with Gasteiger partial charge in [0.05, 0.1) is 6.61 Å². The molecule has 0 saturated heterocycles. The van der Waals surface area contributed by atoms with Crippen LogP contribution in [-0.2, 0) is 6.42 Å². The monoisotopic (exact) mass is 275 g/mol. The van der Waals surface area contributed by atoms with Crippen molar-refractivity contribution in [3.63, 3.8) is 0 Å². The molecule has 0 aliphatic rings. The highest BCUT2D eigenvalue weighted by atomic mass is 35.5. The summed E-state index contributed by atoms with van der Waals surface area (Å²) >= 11 is 12.0. The van der Waals surface area contributed by atoms with Gasteiger partial charge in [-0.05, 0) is 30.0 Å². The van der Waals surface area contributed by atoms with Gasteiger partial charge in [-0.15, -0.1) is 0 Å². The van der Waals surface area contributed by atoms with Crippen LogP contribution in [0.3, 0.4) is 0 Å². The summed E-state index contributed by atoms with van der Waals surface area (Å²) in [6.45, 7) is 4.61. The van der Waals surface area contributed by atoms with Crippen molar-refractivity contribution in [2.24, 2.45) is 17.1 Å². The summed E-state index contributed by atoms with van der Waals surface area (Å²) in [5.74, 6) is 0.282. The number of benzene rings is 1. The maximum absolute atomic E-state index is 9.60. The highest BCUT2D eigenvalue weighted by molar-refractivity contribution is 6.35. The topological polar surface area (TPSA) is 46.2 Å². The van der Waals surface area contributed by atoms with Crippen molar-refractivity contribution in [3.8, 4) is 0 Å². The number of aliphatic hydroxyl groups is 1. The number of aliphatic hydroxyl groups excluding tert-OH is 1. The lowest BCUT2D eigenvalue weighted by Crippen LogP contribution is -2.41. The van der Waals surface area contributed by atoms with Crippen LogP contribution in [-0.4, -0.2) is 18.3 Å². The minimum atomic E-state index is -0.322. The lowest BCUT2D eigenvalue weighted by molar-refractivity contribution is 0.0843. The Kier molecular flexibility index (Phi) is 5.26. The Morgan fingerprint density at radius 1 is 1.35 bits per heavy atom. The summed E-state index contributed by atoms with van der Waals surface area (Å²) in [6.07, 6.45) is 0.660. The van der Waals surface area contributed by atoms with E-state index in [2.05, 4.69) is 13.8 Å². The van der Waals surface area contributed by atoms with E-state index in [1.807, 2.05) is 12.1 Å². The fraction of sp³-hybridized carbons (Fsp3) is 0.538. The Balaban J connectivity index is 3.01. The highest BCUT2D eigenvalue weighted by Gasteiger charge is 2.32. The van der Waals surface area contributed by atoms with Crippen LogP contribution < -0.4 is 5.73 Å². The second-order valence-corrected chi connectivity index (χ2v) is 5.64. The van der Waals surface area contributed by atoms with E-state index >= 15 is 0 Å². The molecule has 0 fully saturated rings. The fourth-order valence-electron chi connectivity index (χ4n) is 1.86. The van der Waals surface area contributed by atoms with E-state index in [0.717, 1.165) is 5.56 Å². The van der Waals surface area contributed by atoms with Crippen LogP contribution in [0.1, 0.15) is 19.4 Å². The first-order chi connectivity index (χ1) is 7.95. The Labute approximate surface area is 113 Å². The molecule has 0 bridgehead atoms. The molecule has 96 valence electrons. The summed E-state index contributed by atoms with van der Waals surface area (Å²) in [5, 5.41) is 10.9. The molecule has 4 heteroatoms. The van der Waals surface area contributed by atoms with E-state index in [9.17, 15) is 5.11 Å². The van der Waals surface area contributed by atoms with Gasteiger partial charge < -0.3 is 10.8 Å². The van der Waals surface area contributed by atoms with E-state index < -0.39 is 0 Å². The van der Waals surface area contributed by atoms with Crippen molar-refractivity contribution < 1.29 is 5.11 Å². The second-order valence-electron chi connectivity index (χ2n) is 4.79. The van der Waals surface area contributed by atoms with Crippen LogP contribution in [0.2, 0.25) is 10.0 Å². The molecule has 1 atom stereocenters. The zero-order valence-corrected chi connectivity index (χ0v) is 11.7. The van der Waals surface area contributed by atoms with Crippen molar-refractivity contribution in [1.29, 1.82) is 0 Å². The zero-order chi connectivity index (χ0) is 13.1. The summed E-state index contributed by atoms with van der Waals surface area (Å²) in [6, 6.07) is 5.42. The third-order valence-corrected chi connectivity index (χ3v) is 4.09. The smallest absolute Gasteiger partial charge is 0.0505 e. The predicted molar refractivity (Wildman–Crippen MR) is 73.6 cm³/mol. The molecule has 0 aliphatic carbocycles. The van der Waals surface area contributed by atoms with Crippen LogP contribution in [0.15, 0.2) is 18.2 Å². The molecule has 1 aromatic carbocycles. The molecule has 0 aromatic heterocycles. The number of hydrogen-bond acceptors (Lipinski definition) is 2. The first kappa shape index (κ1) is 14.8. The van der Waals surface area contributed by atoms with Gasteiger partial charge in [-0.3, -0.25) is 0 Å². The van der Waals surface area contributed by atoms with E-state index in [1.54, 1.807) is 6.07 Å². The summed E-state index contributed by atoms with van der Waals surface area (Å²) in [5.41, 5.74) is 6.47. The molecule has 0 amide bonds. The van der Waals surface area contributed by atoms with Gasteiger partial charge in [-0.1, -0.05) is 43.1 Å². The Bertz CT molecular complexity index is 376. The molecule has 0 spiro atoms. The molecule has 0 heterocycles. The minimum absolute atomic E-state index is 0.0557. The minimum Gasteiger partial charge on any atom is -0.396 e. The molecule has 2 nitrogen and oxygen atoms in total. The first-order valence-corrected chi connectivity index (χ1v) is 6.45. The van der Waals surface area contributed by atoms with E-state index in [4.69, 9.17) is 28.9 Å². The number of halogens is 2. The third-order valence-electron chi connectivity index (χ3n) is 3.50. The van der Waals surface area contributed by atoms with Gasteiger partial charge in [0.15, 0.2) is 0 Å². The van der Waals surface area contributed by atoms with Gasteiger partial charge in [-0.25, -0.2) is 0 Å². The van der Waals surface area contributed by atoms with Crippen LogP contribution in [0, 0.1) is 11.3 Å². The molecule has 1 unspecified atom stereocenters. The van der Waals surface area contributed by atoms with Crippen molar-refractivity contribution in [3.05, 3.63) is 33.8 Å². The normalized spacial score (nSPS) is 15.0. The summed E-state index contributed by atoms with van der Waals surface area (Å²) in [7, 11) is 0. The fourth-order valence-corrected chi connectivity index (χ4v) is 2.33. The van der Waals surface area contributed by atoms with Crippen molar-refractivity contribution in [2.75, 3.05) is 13.2 Å². The average molecular weight is 276 g/mol. The van der Waals surface area contributed by atoms with Gasteiger partial charge in [0.1, 0.15) is 0 Å². The van der Waals surface area contributed by atoms with Crippen LogP contribution in [0.5, 0.6) is 0 Å². The van der Waals surface area contributed by atoms with Crippen LogP contribution in [0.4, 0.5) is 0 Å². The SMILES string of the molecule is CC(C)C(CN)(CO)Cc1ccc(Cl)cc1Cl. The third kappa shape index (κ3) is 3.35. The number of hydrogen-bond donors (Lipinski definition) is 2. The van der Waals surface area contributed by atoms with Crippen LogP contribution in [0.25, 0.3) is 0 Å². The maximum atomic E-state index is 9.60. The molecular weight excluding hydrogens is 257 g/mol. The molecule has 17 heavy (non-hydrogen) atoms. The van der Waals surface area contributed by atoms with Gasteiger partial charge in [0, 0.05) is 22.0 Å². The lowest BCUT2D eigenvalue weighted by Gasteiger charge is -2.35. The largest absolute Gasteiger partial charge is 0.396 e. The molecular formula is C13H19Cl2NO. The van der Waals surface area contributed by atoms with Gasteiger partial charge in [0.2, 0.25) is 0 Å². The quantitative estimate of drug-likeness (QED) is 0.868. The Hall–Kier alpha value is -0.280. The number of rotatable bonds is 5. The van der Waals surface area contributed by atoms with Crippen LogP contribution >= 0.6 is 23.2 Å². The summed E-state index contributed by atoms with van der Waals surface area (Å²) in [4.78, 5) is 0. The number of nitrogens with two attached hydrogens (primary N) is 1. The molecule has 0 saturated carbocycles. The molecule has 1 aromatic rings. The summed E-state index contributed by atoms with van der Waals surface area (Å²) < 4.78 is 0. The van der Waals surface area contributed by atoms with Crippen molar-refractivity contribution >= 4 is 23.2 Å². The Morgan fingerprint density at radius 2 is 2.00 bits per heavy atom. The van der Waals surface area contributed by atoms with E-state index in [-0.39, 0.29) is 17.9 Å². The molecule has 3 N–H and O–H groups in total. The molecule has 0 aliphatic heterocycles. The zero-order valence-electron chi connectivity index (χ0n) is 10.2. The standard InChI is InChI=1S/C13H19Cl2NO/c1-9(2)13(7-16,8-17)6-10-3-4-11(14)5-12(10)15/h3-5,9,17H,6-8,16H2,1-2H3. The predicted octanol–water partition coefficient (Wildman–Crippen LogP) is 3.13. The molecule has 1 rings (SSSR count). The average Bonchev–Trinajstić information content (AvgIpc) is 2.28. The maximum Gasteiger partial charge on any atom is 0.0505 e. The van der Waals surface area contributed by atoms with E-state index in [1.165, 1.54) is 0 Å².